The molecule has 3 aromatic rings. The number of benzene rings is 2. The molecule has 5 nitrogen and oxygen atoms in total. The van der Waals surface area contributed by atoms with Crippen LogP contribution in [0.15, 0.2) is 59.1 Å². The molecule has 7 heteroatoms. The number of esters is 1. The van der Waals surface area contributed by atoms with E-state index in [0.717, 1.165) is 15.4 Å². The van der Waals surface area contributed by atoms with Crippen molar-refractivity contribution in [3.8, 4) is 0 Å². The van der Waals surface area contributed by atoms with Crippen LogP contribution >= 0.6 is 27.5 Å². The van der Waals surface area contributed by atoms with Gasteiger partial charge in [0.05, 0.1) is 5.52 Å². The fourth-order valence-electron chi connectivity index (χ4n) is 2.33. The van der Waals surface area contributed by atoms with Crippen molar-refractivity contribution >= 4 is 50.3 Å². The Balaban J connectivity index is 1.56. The van der Waals surface area contributed by atoms with Crippen LogP contribution in [0.1, 0.15) is 15.9 Å². The molecule has 0 radical (unpaired) electrons. The molecule has 0 atom stereocenters. The molecule has 0 saturated carbocycles. The van der Waals surface area contributed by atoms with E-state index in [0.29, 0.717) is 11.1 Å². The third-order valence-corrected chi connectivity index (χ3v) is 4.44. The Labute approximate surface area is 163 Å². The molecule has 2 aromatic carbocycles. The SMILES string of the molecule is O=C(CNC(=O)c1cccc(Br)c1)OCc1cc2ccccc2nc1Cl. The Bertz CT molecular complexity index is 978. The molecule has 132 valence electrons. The van der Waals surface area contributed by atoms with Crippen molar-refractivity contribution in [2.24, 2.45) is 0 Å². The van der Waals surface area contributed by atoms with E-state index in [1.807, 2.05) is 36.4 Å². The summed E-state index contributed by atoms with van der Waals surface area (Å²) in [5.41, 5.74) is 1.83. The summed E-state index contributed by atoms with van der Waals surface area (Å²) < 4.78 is 5.96. The van der Waals surface area contributed by atoms with E-state index in [-0.39, 0.29) is 24.2 Å². The lowest BCUT2D eigenvalue weighted by Crippen LogP contribution is -2.30. The fraction of sp³-hybridized carbons (Fsp3) is 0.105. The lowest BCUT2D eigenvalue weighted by atomic mass is 10.2. The van der Waals surface area contributed by atoms with Gasteiger partial charge in [0, 0.05) is 21.0 Å². The third kappa shape index (κ3) is 4.59. The summed E-state index contributed by atoms with van der Waals surface area (Å²) in [4.78, 5) is 28.2. The second-order valence-electron chi connectivity index (χ2n) is 5.48. The van der Waals surface area contributed by atoms with Crippen molar-refractivity contribution in [1.82, 2.24) is 10.3 Å². The van der Waals surface area contributed by atoms with Gasteiger partial charge in [-0.2, -0.15) is 0 Å². The first-order chi connectivity index (χ1) is 12.5. The number of carbonyl (C=O) groups excluding carboxylic acids is 2. The van der Waals surface area contributed by atoms with Gasteiger partial charge in [0.15, 0.2) is 0 Å². The van der Waals surface area contributed by atoms with Crippen LogP contribution in [0.5, 0.6) is 0 Å². The van der Waals surface area contributed by atoms with Crippen LogP contribution in [0, 0.1) is 0 Å². The van der Waals surface area contributed by atoms with E-state index in [2.05, 4.69) is 26.2 Å². The van der Waals surface area contributed by atoms with E-state index in [4.69, 9.17) is 16.3 Å². The fourth-order valence-corrected chi connectivity index (χ4v) is 2.93. The minimum atomic E-state index is -0.558. The molecule has 0 aliphatic rings. The zero-order chi connectivity index (χ0) is 18.5. The summed E-state index contributed by atoms with van der Waals surface area (Å²) in [6.07, 6.45) is 0. The molecular formula is C19H14BrClN2O3. The van der Waals surface area contributed by atoms with Gasteiger partial charge in [-0.3, -0.25) is 9.59 Å². The van der Waals surface area contributed by atoms with Crippen molar-refractivity contribution in [3.63, 3.8) is 0 Å². The number of rotatable bonds is 5. The number of pyridine rings is 1. The lowest BCUT2D eigenvalue weighted by Gasteiger charge is -2.09. The van der Waals surface area contributed by atoms with Gasteiger partial charge < -0.3 is 10.1 Å². The Morgan fingerprint density at radius 3 is 2.73 bits per heavy atom. The number of hydrogen-bond donors (Lipinski definition) is 1. The van der Waals surface area contributed by atoms with Gasteiger partial charge in [-0.05, 0) is 30.3 Å². The van der Waals surface area contributed by atoms with Gasteiger partial charge in [0.2, 0.25) is 0 Å². The van der Waals surface area contributed by atoms with Gasteiger partial charge >= 0.3 is 5.97 Å². The van der Waals surface area contributed by atoms with Crippen molar-refractivity contribution in [2.75, 3.05) is 6.54 Å². The number of aromatic nitrogens is 1. The molecular weight excluding hydrogens is 420 g/mol. The minimum Gasteiger partial charge on any atom is -0.459 e. The number of hydrogen-bond acceptors (Lipinski definition) is 4. The highest BCUT2D eigenvalue weighted by Gasteiger charge is 2.11. The Hall–Kier alpha value is -2.44. The largest absolute Gasteiger partial charge is 0.459 e. The highest BCUT2D eigenvalue weighted by Crippen LogP contribution is 2.21. The smallest absolute Gasteiger partial charge is 0.325 e. The number of ether oxygens (including phenoxy) is 1. The maximum absolute atomic E-state index is 12.0. The van der Waals surface area contributed by atoms with E-state index in [1.165, 1.54) is 0 Å². The summed E-state index contributed by atoms with van der Waals surface area (Å²) in [6, 6.07) is 16.2. The van der Waals surface area contributed by atoms with E-state index in [9.17, 15) is 9.59 Å². The van der Waals surface area contributed by atoms with Gasteiger partial charge in [-0.15, -0.1) is 0 Å². The first-order valence-electron chi connectivity index (χ1n) is 7.76. The number of fused-ring (bicyclic) bond motifs is 1. The van der Waals surface area contributed by atoms with Crippen LogP contribution < -0.4 is 5.32 Å². The highest BCUT2D eigenvalue weighted by atomic mass is 79.9. The number of carbonyl (C=O) groups is 2. The summed E-state index contributed by atoms with van der Waals surface area (Å²) in [6.45, 7) is -0.244. The first kappa shape index (κ1) is 18.4. The molecule has 0 unspecified atom stereocenters. The molecule has 1 heterocycles. The van der Waals surface area contributed by atoms with Gasteiger partial charge in [0.1, 0.15) is 18.3 Å². The molecule has 0 aliphatic carbocycles. The van der Waals surface area contributed by atoms with Gasteiger partial charge in [-0.1, -0.05) is 51.8 Å². The normalized spacial score (nSPS) is 10.5. The van der Waals surface area contributed by atoms with Crippen LogP contribution in [-0.4, -0.2) is 23.4 Å². The molecule has 0 bridgehead atoms. The number of amides is 1. The predicted molar refractivity (Wildman–Crippen MR) is 103 cm³/mol. The van der Waals surface area contributed by atoms with Crippen LogP contribution in [0.25, 0.3) is 10.9 Å². The molecule has 0 spiro atoms. The molecule has 0 aliphatic heterocycles. The second-order valence-corrected chi connectivity index (χ2v) is 6.76. The molecule has 0 fully saturated rings. The standard InChI is InChI=1S/C19H14BrClN2O3/c20-15-6-3-5-13(9-15)19(25)22-10-17(24)26-11-14-8-12-4-1-2-7-16(12)23-18(14)21/h1-9H,10-11H2,(H,22,25). The highest BCUT2D eigenvalue weighted by molar-refractivity contribution is 9.10. The van der Waals surface area contributed by atoms with Crippen LogP contribution in [-0.2, 0) is 16.1 Å². The Morgan fingerprint density at radius 2 is 1.92 bits per heavy atom. The summed E-state index contributed by atoms with van der Waals surface area (Å²) in [5, 5.41) is 3.72. The average molecular weight is 434 g/mol. The Morgan fingerprint density at radius 1 is 1.12 bits per heavy atom. The summed E-state index contributed by atoms with van der Waals surface area (Å²) in [5.74, 6) is -0.911. The number of nitrogens with zero attached hydrogens (tertiary/aromatic N) is 1. The van der Waals surface area contributed by atoms with Gasteiger partial charge in [0.25, 0.3) is 5.91 Å². The van der Waals surface area contributed by atoms with Crippen LogP contribution in [0.3, 0.4) is 0 Å². The quantitative estimate of drug-likeness (QED) is 0.485. The number of halogens is 2. The molecule has 1 amide bonds. The molecule has 3 rings (SSSR count). The second kappa shape index (κ2) is 8.29. The van der Waals surface area contributed by atoms with Crippen molar-refractivity contribution in [1.29, 1.82) is 0 Å². The van der Waals surface area contributed by atoms with E-state index >= 15 is 0 Å². The first-order valence-corrected chi connectivity index (χ1v) is 8.93. The monoisotopic (exact) mass is 432 g/mol. The topological polar surface area (TPSA) is 68.3 Å². The minimum absolute atomic E-state index is 0.0117. The van der Waals surface area contributed by atoms with Gasteiger partial charge in [-0.25, -0.2) is 4.98 Å². The number of nitrogens with one attached hydrogen (secondary N) is 1. The summed E-state index contributed by atoms with van der Waals surface area (Å²) >= 11 is 9.43. The number of para-hydroxylation sites is 1. The lowest BCUT2D eigenvalue weighted by molar-refractivity contribution is -0.143. The van der Waals surface area contributed by atoms with Crippen molar-refractivity contribution in [3.05, 3.63) is 75.4 Å². The maximum atomic E-state index is 12.0. The molecule has 1 N–H and O–H groups in total. The van der Waals surface area contributed by atoms with Crippen LogP contribution in [0.2, 0.25) is 5.15 Å². The van der Waals surface area contributed by atoms with Crippen LogP contribution in [0.4, 0.5) is 0 Å². The molecule has 0 saturated heterocycles. The predicted octanol–water partition coefficient (Wildman–Crippen LogP) is 4.12. The molecule has 26 heavy (non-hydrogen) atoms. The van der Waals surface area contributed by atoms with E-state index in [1.54, 1.807) is 18.2 Å². The third-order valence-electron chi connectivity index (χ3n) is 3.62. The van der Waals surface area contributed by atoms with Crippen molar-refractivity contribution in [2.45, 2.75) is 6.61 Å². The summed E-state index contributed by atoms with van der Waals surface area (Å²) in [7, 11) is 0. The molecule has 1 aromatic heterocycles. The maximum Gasteiger partial charge on any atom is 0.325 e. The van der Waals surface area contributed by atoms with E-state index < -0.39 is 5.97 Å². The zero-order valence-corrected chi connectivity index (χ0v) is 15.9. The Kier molecular flexibility index (Phi) is 5.85. The zero-order valence-electron chi connectivity index (χ0n) is 13.5. The van der Waals surface area contributed by atoms with Crippen molar-refractivity contribution < 1.29 is 14.3 Å². The average Bonchev–Trinajstić information content (AvgIpc) is 2.64.